The van der Waals surface area contributed by atoms with Gasteiger partial charge in [-0.15, -0.1) is 13.2 Å². The average Bonchev–Trinajstić information content (AvgIpc) is 2.38. The lowest BCUT2D eigenvalue weighted by molar-refractivity contribution is -0.274. The highest BCUT2D eigenvalue weighted by Gasteiger charge is 2.35. The van der Waals surface area contributed by atoms with Gasteiger partial charge < -0.3 is 10.1 Å². The molecule has 1 heterocycles. The molecular weight excluding hydrogens is 291 g/mol. The summed E-state index contributed by atoms with van der Waals surface area (Å²) in [6.45, 7) is 6.15. The van der Waals surface area contributed by atoms with Gasteiger partial charge in [-0.1, -0.05) is 37.6 Å². The van der Waals surface area contributed by atoms with Crippen molar-refractivity contribution < 1.29 is 17.9 Å². The molecule has 1 aliphatic heterocycles. The Morgan fingerprint density at radius 3 is 2.36 bits per heavy atom. The lowest BCUT2D eigenvalue weighted by Crippen LogP contribution is -2.26. The van der Waals surface area contributed by atoms with E-state index < -0.39 is 6.36 Å². The van der Waals surface area contributed by atoms with E-state index in [1.165, 1.54) is 12.1 Å². The molecule has 0 spiro atoms. The van der Waals surface area contributed by atoms with Gasteiger partial charge in [-0.3, -0.25) is 0 Å². The maximum Gasteiger partial charge on any atom is 0.573 e. The van der Waals surface area contributed by atoms with Crippen LogP contribution in [0.15, 0.2) is 36.4 Å². The van der Waals surface area contributed by atoms with Crippen molar-refractivity contribution in [2.45, 2.75) is 32.5 Å². The predicted molar refractivity (Wildman–Crippen MR) is 79.7 cm³/mol. The number of nitrogens with one attached hydrogen (secondary N) is 1. The van der Waals surface area contributed by atoms with Crippen molar-refractivity contribution in [3.63, 3.8) is 0 Å². The van der Waals surface area contributed by atoms with Gasteiger partial charge in [0.2, 0.25) is 0 Å². The second-order valence-electron chi connectivity index (χ2n) is 6.05. The van der Waals surface area contributed by atoms with Crippen molar-refractivity contribution in [2.24, 2.45) is 0 Å². The molecule has 0 bridgehead atoms. The van der Waals surface area contributed by atoms with Gasteiger partial charge in [-0.25, -0.2) is 0 Å². The molecule has 0 aromatic heterocycles. The molecule has 22 heavy (non-hydrogen) atoms. The first kappa shape index (κ1) is 14.8. The third-order valence-electron chi connectivity index (χ3n) is 4.02. The normalized spacial score (nSPS) is 15.5. The fourth-order valence-electron chi connectivity index (χ4n) is 2.94. The molecule has 2 aromatic rings. The van der Waals surface area contributed by atoms with Crippen LogP contribution in [0.2, 0.25) is 0 Å². The Morgan fingerprint density at radius 2 is 1.68 bits per heavy atom. The largest absolute Gasteiger partial charge is 0.573 e. The van der Waals surface area contributed by atoms with Crippen LogP contribution in [0.1, 0.15) is 30.5 Å². The third kappa shape index (κ3) is 2.51. The van der Waals surface area contributed by atoms with Crippen LogP contribution < -0.4 is 10.1 Å². The Morgan fingerprint density at radius 1 is 0.955 bits per heavy atom. The Labute approximate surface area is 126 Å². The smallest absolute Gasteiger partial charge is 0.406 e. The Hall–Kier alpha value is -2.17. The molecule has 5 heteroatoms. The van der Waals surface area contributed by atoms with E-state index in [0.29, 0.717) is 5.69 Å². The van der Waals surface area contributed by atoms with E-state index in [-0.39, 0.29) is 11.2 Å². The molecule has 116 valence electrons. The summed E-state index contributed by atoms with van der Waals surface area (Å²) in [5.74, 6) is -0.217. The summed E-state index contributed by atoms with van der Waals surface area (Å²) in [5, 5.41) is 3.20. The molecular formula is C17H16F3NO. The highest BCUT2D eigenvalue weighted by Crippen LogP contribution is 2.46. The fourth-order valence-corrected chi connectivity index (χ4v) is 2.94. The number of rotatable bonds is 1. The number of alkyl halides is 3. The maximum absolute atomic E-state index is 12.4. The predicted octanol–water partition coefficient (Wildman–Crippen LogP) is 5.28. The van der Waals surface area contributed by atoms with Gasteiger partial charge in [0.25, 0.3) is 0 Å². The lowest BCUT2D eigenvalue weighted by atomic mass is 9.74. The van der Waals surface area contributed by atoms with Crippen molar-refractivity contribution in [2.75, 3.05) is 5.32 Å². The van der Waals surface area contributed by atoms with Crippen molar-refractivity contribution in [3.8, 4) is 5.75 Å². The lowest BCUT2D eigenvalue weighted by Gasteiger charge is -2.36. The van der Waals surface area contributed by atoms with E-state index in [9.17, 15) is 13.2 Å². The maximum atomic E-state index is 12.4. The number of halogens is 3. The number of fused-ring (bicyclic) bond motifs is 2. The number of aryl methyl sites for hydroxylation is 1. The summed E-state index contributed by atoms with van der Waals surface area (Å²) in [5.41, 5.74) is 4.48. The van der Waals surface area contributed by atoms with Crippen molar-refractivity contribution >= 4 is 11.4 Å². The van der Waals surface area contributed by atoms with Crippen LogP contribution in [0.3, 0.4) is 0 Å². The molecule has 0 radical (unpaired) electrons. The summed E-state index contributed by atoms with van der Waals surface area (Å²) in [7, 11) is 0. The van der Waals surface area contributed by atoms with E-state index in [1.54, 1.807) is 6.07 Å². The molecule has 1 aliphatic rings. The third-order valence-corrected chi connectivity index (χ3v) is 4.02. The quantitative estimate of drug-likeness (QED) is 0.774. The van der Waals surface area contributed by atoms with Gasteiger partial charge >= 0.3 is 6.36 Å². The molecule has 0 saturated heterocycles. The Balaban J connectivity index is 2.07. The molecule has 3 rings (SSSR count). The van der Waals surface area contributed by atoms with Gasteiger partial charge in [0.15, 0.2) is 0 Å². The zero-order valence-corrected chi connectivity index (χ0v) is 12.5. The molecule has 0 saturated carbocycles. The van der Waals surface area contributed by atoms with Crippen molar-refractivity contribution in [1.82, 2.24) is 0 Å². The minimum Gasteiger partial charge on any atom is -0.406 e. The van der Waals surface area contributed by atoms with Crippen LogP contribution in [0, 0.1) is 6.92 Å². The van der Waals surface area contributed by atoms with E-state index in [1.807, 2.05) is 19.1 Å². The summed E-state index contributed by atoms with van der Waals surface area (Å²) >= 11 is 0. The summed E-state index contributed by atoms with van der Waals surface area (Å²) in [6, 6.07) is 10.5. The zero-order valence-electron chi connectivity index (χ0n) is 12.5. The number of anilines is 2. The van der Waals surface area contributed by atoms with Gasteiger partial charge in [0, 0.05) is 22.9 Å². The first-order valence-corrected chi connectivity index (χ1v) is 6.95. The topological polar surface area (TPSA) is 21.3 Å². The first-order valence-electron chi connectivity index (χ1n) is 6.95. The molecule has 0 aliphatic carbocycles. The van der Waals surface area contributed by atoms with E-state index in [0.717, 1.165) is 22.4 Å². The molecule has 2 nitrogen and oxygen atoms in total. The summed E-state index contributed by atoms with van der Waals surface area (Å²) in [4.78, 5) is 0. The van der Waals surface area contributed by atoms with Crippen LogP contribution in [-0.4, -0.2) is 6.36 Å². The molecule has 0 amide bonds. The minimum absolute atomic E-state index is 0.217. The fraction of sp³-hybridized carbons (Fsp3) is 0.294. The highest BCUT2D eigenvalue weighted by molar-refractivity contribution is 5.76. The number of hydrogen-bond donors (Lipinski definition) is 1. The second-order valence-corrected chi connectivity index (χ2v) is 6.05. The number of hydrogen-bond acceptors (Lipinski definition) is 2. The number of benzene rings is 2. The first-order chi connectivity index (χ1) is 10.2. The molecule has 1 N–H and O–H groups in total. The zero-order chi connectivity index (χ0) is 16.1. The SMILES string of the molecule is Cc1ccc2c(c1)C(C)(C)c1ccc(OC(F)(F)F)cc1N2. The van der Waals surface area contributed by atoms with E-state index >= 15 is 0 Å². The van der Waals surface area contributed by atoms with E-state index in [2.05, 4.69) is 30.0 Å². The van der Waals surface area contributed by atoms with Gasteiger partial charge in [-0.05, 0) is 30.2 Å². The van der Waals surface area contributed by atoms with Gasteiger partial charge in [0.1, 0.15) is 5.75 Å². The number of ether oxygens (including phenoxy) is 1. The van der Waals surface area contributed by atoms with Crippen LogP contribution in [0.4, 0.5) is 24.5 Å². The van der Waals surface area contributed by atoms with Crippen LogP contribution in [0.5, 0.6) is 5.75 Å². The van der Waals surface area contributed by atoms with E-state index in [4.69, 9.17) is 0 Å². The Bertz CT molecular complexity index is 735. The second kappa shape index (κ2) is 4.66. The minimum atomic E-state index is -4.69. The highest BCUT2D eigenvalue weighted by atomic mass is 19.4. The molecule has 0 atom stereocenters. The van der Waals surface area contributed by atoms with Crippen LogP contribution >= 0.6 is 0 Å². The summed E-state index contributed by atoms with van der Waals surface area (Å²) < 4.78 is 41.1. The van der Waals surface area contributed by atoms with Gasteiger partial charge in [0.05, 0.1) is 0 Å². The molecule has 2 aromatic carbocycles. The summed E-state index contributed by atoms with van der Waals surface area (Å²) in [6.07, 6.45) is -4.69. The Kier molecular flexibility index (Phi) is 3.13. The van der Waals surface area contributed by atoms with Crippen molar-refractivity contribution in [3.05, 3.63) is 53.1 Å². The molecule has 0 fully saturated rings. The molecule has 0 unspecified atom stereocenters. The monoisotopic (exact) mass is 307 g/mol. The van der Waals surface area contributed by atoms with Gasteiger partial charge in [-0.2, -0.15) is 0 Å². The van der Waals surface area contributed by atoms with Crippen LogP contribution in [0.25, 0.3) is 0 Å². The standard InChI is InChI=1S/C17H16F3NO/c1-10-4-7-14-13(8-10)16(2,3)12-6-5-11(9-15(12)21-14)22-17(18,19)20/h4-9,21H,1-3H3. The van der Waals surface area contributed by atoms with Crippen molar-refractivity contribution in [1.29, 1.82) is 0 Å². The van der Waals surface area contributed by atoms with Crippen LogP contribution in [-0.2, 0) is 5.41 Å². The average molecular weight is 307 g/mol.